The van der Waals surface area contributed by atoms with Gasteiger partial charge in [-0.05, 0) is 78.7 Å². The minimum atomic E-state index is -3.87. The van der Waals surface area contributed by atoms with Crippen molar-refractivity contribution in [3.05, 3.63) is 119 Å². The molecule has 0 radical (unpaired) electrons. The Balaban J connectivity index is 1.45. The van der Waals surface area contributed by atoms with Crippen LogP contribution in [-0.4, -0.2) is 28.0 Å². The van der Waals surface area contributed by atoms with Crippen LogP contribution < -0.4 is 19.1 Å². The summed E-state index contributed by atoms with van der Waals surface area (Å²) >= 11 is 6.02. The van der Waals surface area contributed by atoms with E-state index in [0.29, 0.717) is 23.0 Å². The molecule has 0 unspecified atom stereocenters. The zero-order valence-electron chi connectivity index (χ0n) is 21.6. The molecule has 0 saturated heterocycles. The molecule has 0 heterocycles. The number of anilines is 1. The lowest BCUT2D eigenvalue weighted by Crippen LogP contribution is -2.30. The maximum atomic E-state index is 13.6. The number of carbonyl (C=O) groups is 1. The van der Waals surface area contributed by atoms with Gasteiger partial charge in [0.25, 0.3) is 15.9 Å². The first kappa shape index (κ1) is 28.0. The van der Waals surface area contributed by atoms with Crippen LogP contribution in [0.4, 0.5) is 5.69 Å². The first-order valence-corrected chi connectivity index (χ1v) is 14.0. The molecule has 1 N–H and O–H groups in total. The van der Waals surface area contributed by atoms with Crippen LogP contribution in [0.2, 0.25) is 5.02 Å². The highest BCUT2D eigenvalue weighted by Crippen LogP contribution is 2.28. The van der Waals surface area contributed by atoms with Crippen molar-refractivity contribution in [3.63, 3.8) is 0 Å². The second-order valence-corrected chi connectivity index (χ2v) is 11.2. The molecule has 1 amide bonds. The van der Waals surface area contributed by atoms with E-state index in [2.05, 4.69) is 5.32 Å². The third-order valence-corrected chi connectivity index (χ3v) is 8.03. The normalized spacial score (nSPS) is 11.1. The SMILES string of the molecule is COc1ccc(CNC(=O)COc2ccc(N(Cc3ccc(Cl)cc3)S(=O)(=O)c3ccc(C)cc3)cc2)cc1. The van der Waals surface area contributed by atoms with Crippen molar-refractivity contribution in [3.8, 4) is 11.5 Å². The van der Waals surface area contributed by atoms with Crippen LogP contribution >= 0.6 is 11.6 Å². The van der Waals surface area contributed by atoms with E-state index in [-0.39, 0.29) is 24.0 Å². The van der Waals surface area contributed by atoms with Crippen molar-refractivity contribution in [1.82, 2.24) is 5.32 Å². The molecule has 9 heteroatoms. The van der Waals surface area contributed by atoms with E-state index < -0.39 is 10.0 Å². The van der Waals surface area contributed by atoms with Crippen LogP contribution in [0.3, 0.4) is 0 Å². The van der Waals surface area contributed by atoms with E-state index >= 15 is 0 Å². The Hall–Kier alpha value is -4.01. The van der Waals surface area contributed by atoms with Gasteiger partial charge in [0.15, 0.2) is 6.61 Å². The van der Waals surface area contributed by atoms with Crippen molar-refractivity contribution < 1.29 is 22.7 Å². The van der Waals surface area contributed by atoms with E-state index in [0.717, 1.165) is 22.4 Å². The summed E-state index contributed by atoms with van der Waals surface area (Å²) < 4.78 is 39.4. The molecule has 0 bridgehead atoms. The summed E-state index contributed by atoms with van der Waals surface area (Å²) in [6.07, 6.45) is 0. The zero-order chi connectivity index (χ0) is 27.8. The lowest BCUT2D eigenvalue weighted by molar-refractivity contribution is -0.123. The average molecular weight is 565 g/mol. The number of ether oxygens (including phenoxy) is 2. The molecule has 0 fully saturated rings. The second kappa shape index (κ2) is 12.7. The number of rotatable bonds is 11. The first-order chi connectivity index (χ1) is 18.7. The summed E-state index contributed by atoms with van der Waals surface area (Å²) in [5.74, 6) is 0.911. The number of amides is 1. The molecular weight excluding hydrogens is 536 g/mol. The second-order valence-electron chi connectivity index (χ2n) is 8.86. The van der Waals surface area contributed by atoms with Gasteiger partial charge in [0.05, 0.1) is 24.2 Å². The van der Waals surface area contributed by atoms with Crippen molar-refractivity contribution >= 4 is 33.2 Å². The summed E-state index contributed by atoms with van der Waals surface area (Å²) in [7, 11) is -2.27. The topological polar surface area (TPSA) is 84.9 Å². The molecule has 0 atom stereocenters. The van der Waals surface area contributed by atoms with Crippen LogP contribution in [0, 0.1) is 6.92 Å². The summed E-state index contributed by atoms with van der Waals surface area (Å²) in [5.41, 5.74) is 3.14. The van der Waals surface area contributed by atoms with Gasteiger partial charge in [-0.2, -0.15) is 0 Å². The molecule has 7 nitrogen and oxygen atoms in total. The summed E-state index contributed by atoms with van der Waals surface area (Å²) in [6, 6.07) is 27.8. The largest absolute Gasteiger partial charge is 0.497 e. The number of benzene rings is 4. The molecule has 0 aliphatic rings. The molecule has 39 heavy (non-hydrogen) atoms. The Kier molecular flexibility index (Phi) is 9.11. The number of carbonyl (C=O) groups excluding carboxylic acids is 1. The third-order valence-electron chi connectivity index (χ3n) is 5.99. The maximum absolute atomic E-state index is 13.6. The van der Waals surface area contributed by atoms with Gasteiger partial charge in [-0.3, -0.25) is 9.10 Å². The molecule has 0 aliphatic heterocycles. The number of hydrogen-bond acceptors (Lipinski definition) is 5. The van der Waals surface area contributed by atoms with Crippen LogP contribution in [0.15, 0.2) is 102 Å². The van der Waals surface area contributed by atoms with Gasteiger partial charge in [-0.15, -0.1) is 0 Å². The van der Waals surface area contributed by atoms with Gasteiger partial charge < -0.3 is 14.8 Å². The number of nitrogens with zero attached hydrogens (tertiary/aromatic N) is 1. The number of hydrogen-bond donors (Lipinski definition) is 1. The van der Waals surface area contributed by atoms with Crippen LogP contribution in [0.25, 0.3) is 0 Å². The van der Waals surface area contributed by atoms with Crippen LogP contribution in [0.5, 0.6) is 11.5 Å². The van der Waals surface area contributed by atoms with Gasteiger partial charge in [0.2, 0.25) is 0 Å². The van der Waals surface area contributed by atoms with Gasteiger partial charge in [-0.1, -0.05) is 53.6 Å². The Morgan fingerprint density at radius 2 is 1.41 bits per heavy atom. The molecule has 0 aromatic heterocycles. The lowest BCUT2D eigenvalue weighted by Gasteiger charge is -2.25. The quantitative estimate of drug-likeness (QED) is 0.251. The molecule has 0 saturated carbocycles. The molecule has 4 aromatic rings. The Labute approximate surface area is 234 Å². The lowest BCUT2D eigenvalue weighted by atomic mass is 10.2. The number of aryl methyl sites for hydroxylation is 1. The highest BCUT2D eigenvalue weighted by molar-refractivity contribution is 7.92. The predicted octanol–water partition coefficient (Wildman–Crippen LogP) is 5.75. The number of sulfonamides is 1. The molecule has 4 rings (SSSR count). The third kappa shape index (κ3) is 7.52. The van der Waals surface area contributed by atoms with Crippen molar-refractivity contribution in [1.29, 1.82) is 0 Å². The minimum absolute atomic E-state index is 0.112. The Morgan fingerprint density at radius 1 is 0.821 bits per heavy atom. The highest BCUT2D eigenvalue weighted by atomic mass is 35.5. The highest BCUT2D eigenvalue weighted by Gasteiger charge is 2.25. The molecule has 4 aromatic carbocycles. The average Bonchev–Trinajstić information content (AvgIpc) is 2.95. The van der Waals surface area contributed by atoms with E-state index in [1.54, 1.807) is 79.9 Å². The number of nitrogens with one attached hydrogen (secondary N) is 1. The van der Waals surface area contributed by atoms with Crippen molar-refractivity contribution in [2.45, 2.75) is 24.9 Å². The number of halogens is 1. The zero-order valence-corrected chi connectivity index (χ0v) is 23.2. The fraction of sp³-hybridized carbons (Fsp3) is 0.167. The fourth-order valence-corrected chi connectivity index (χ4v) is 5.34. The Bertz CT molecular complexity index is 1490. The van der Waals surface area contributed by atoms with E-state index in [9.17, 15) is 13.2 Å². The van der Waals surface area contributed by atoms with Crippen LogP contribution in [0.1, 0.15) is 16.7 Å². The summed E-state index contributed by atoms with van der Waals surface area (Å²) in [6.45, 7) is 2.20. The van der Waals surface area contributed by atoms with Gasteiger partial charge in [0.1, 0.15) is 11.5 Å². The van der Waals surface area contributed by atoms with E-state index in [1.165, 1.54) is 4.31 Å². The predicted molar refractivity (Wildman–Crippen MR) is 153 cm³/mol. The molecular formula is C30H29ClN2O5S. The summed E-state index contributed by atoms with van der Waals surface area (Å²) in [5, 5.41) is 3.38. The molecule has 202 valence electrons. The molecule has 0 spiro atoms. The van der Waals surface area contributed by atoms with Gasteiger partial charge in [-0.25, -0.2) is 8.42 Å². The van der Waals surface area contributed by atoms with E-state index in [4.69, 9.17) is 21.1 Å². The monoisotopic (exact) mass is 564 g/mol. The van der Waals surface area contributed by atoms with Crippen molar-refractivity contribution in [2.24, 2.45) is 0 Å². The number of methoxy groups -OCH3 is 1. The first-order valence-electron chi connectivity index (χ1n) is 12.2. The molecule has 0 aliphatic carbocycles. The van der Waals surface area contributed by atoms with E-state index in [1.807, 2.05) is 31.2 Å². The van der Waals surface area contributed by atoms with Gasteiger partial charge in [0, 0.05) is 11.6 Å². The fourth-order valence-electron chi connectivity index (χ4n) is 3.76. The standard InChI is InChI=1S/C30H29ClN2O5S/c1-22-3-17-29(18-4-22)39(35,36)33(20-24-5-9-25(31)10-6-24)26-11-15-28(16-12-26)38-21-30(34)32-19-23-7-13-27(37-2)14-8-23/h3-18H,19-21H2,1-2H3,(H,32,34). The van der Waals surface area contributed by atoms with Gasteiger partial charge >= 0.3 is 0 Å². The minimum Gasteiger partial charge on any atom is -0.497 e. The maximum Gasteiger partial charge on any atom is 0.264 e. The Morgan fingerprint density at radius 3 is 2.03 bits per heavy atom. The van der Waals surface area contributed by atoms with Crippen molar-refractivity contribution in [2.75, 3.05) is 18.0 Å². The summed E-state index contributed by atoms with van der Waals surface area (Å²) in [4.78, 5) is 12.5. The van der Waals surface area contributed by atoms with Crippen LogP contribution in [-0.2, 0) is 27.9 Å². The smallest absolute Gasteiger partial charge is 0.264 e.